The molecule has 0 heterocycles. The Balaban J connectivity index is 1.63. The lowest BCUT2D eigenvalue weighted by Gasteiger charge is -2.31. The number of ether oxygens (including phenoxy) is 1. The molecule has 2 atom stereocenters. The summed E-state index contributed by atoms with van der Waals surface area (Å²) in [6, 6.07) is 47.9. The zero-order valence-electron chi connectivity index (χ0n) is 21.7. The van der Waals surface area contributed by atoms with E-state index in [1.54, 1.807) is 12.1 Å². The first-order valence-electron chi connectivity index (χ1n) is 13.2. The summed E-state index contributed by atoms with van der Waals surface area (Å²) in [6.45, 7) is 0.383. The van der Waals surface area contributed by atoms with Crippen LogP contribution in [0.5, 0.6) is 0 Å². The number of hydrogen-bond acceptors (Lipinski definition) is 3. The highest BCUT2D eigenvalue weighted by atomic mass is 31.2. The summed E-state index contributed by atoms with van der Waals surface area (Å²) in [5, 5.41) is 1.33. The smallest absolute Gasteiger partial charge is 0.174 e. The number of hydrogen-bond donors (Lipinski definition) is 0. The van der Waals surface area contributed by atoms with Crippen molar-refractivity contribution in [2.45, 2.75) is 24.8 Å². The maximum Gasteiger partial charge on any atom is 0.174 e. The normalized spacial score (nSPS) is 12.9. The number of rotatable bonds is 11. The van der Waals surface area contributed by atoms with E-state index in [-0.39, 0.29) is 12.2 Å². The summed E-state index contributed by atoms with van der Waals surface area (Å²) in [4.78, 5) is 14.4. The van der Waals surface area contributed by atoms with Crippen LogP contribution in [0.2, 0.25) is 0 Å². The van der Waals surface area contributed by atoms with Crippen LogP contribution in [0.4, 0.5) is 0 Å². The summed E-state index contributed by atoms with van der Waals surface area (Å²) < 4.78 is 22.0. The monoisotopic (exact) mass is 530 g/mol. The highest BCUT2D eigenvalue weighted by molar-refractivity contribution is 7.80. The highest BCUT2D eigenvalue weighted by Gasteiger charge is 2.43. The first-order chi connectivity index (χ1) is 19.2. The van der Waals surface area contributed by atoms with Crippen molar-refractivity contribution in [1.29, 1.82) is 0 Å². The van der Waals surface area contributed by atoms with Crippen LogP contribution in [-0.4, -0.2) is 11.4 Å². The number of benzene rings is 5. The lowest BCUT2D eigenvalue weighted by atomic mass is 9.99. The van der Waals surface area contributed by atoms with Crippen molar-refractivity contribution < 1.29 is 14.1 Å². The average molecular weight is 531 g/mol. The van der Waals surface area contributed by atoms with Gasteiger partial charge < -0.3 is 9.30 Å². The third-order valence-electron chi connectivity index (χ3n) is 6.98. The molecule has 0 saturated carbocycles. The van der Waals surface area contributed by atoms with E-state index >= 15 is 4.57 Å². The summed E-state index contributed by atoms with van der Waals surface area (Å²) >= 11 is 0. The molecule has 0 saturated heterocycles. The molecular formula is C35H31O3P. The van der Waals surface area contributed by atoms with Crippen molar-refractivity contribution >= 4 is 23.5 Å². The number of Topliss-reactive ketones (excluding diaryl/α,β-unsaturated/α-hetero) is 1. The van der Waals surface area contributed by atoms with Gasteiger partial charge in [0, 0.05) is 16.2 Å². The van der Waals surface area contributed by atoms with Crippen molar-refractivity contribution in [2.24, 2.45) is 0 Å². The Kier molecular flexibility index (Phi) is 8.63. The maximum atomic E-state index is 15.5. The average Bonchev–Trinajstić information content (AvgIpc) is 3.03. The van der Waals surface area contributed by atoms with Crippen LogP contribution in [0, 0.1) is 0 Å². The quantitative estimate of drug-likeness (QED) is 0.130. The van der Waals surface area contributed by atoms with Crippen LogP contribution in [0.1, 0.15) is 34.0 Å². The van der Waals surface area contributed by atoms with Gasteiger partial charge in [-0.15, -0.1) is 0 Å². The molecular weight excluding hydrogens is 499 g/mol. The van der Waals surface area contributed by atoms with Gasteiger partial charge in [0.15, 0.2) is 12.9 Å². The number of carbonyl (C=O) groups is 1. The zero-order valence-corrected chi connectivity index (χ0v) is 22.6. The minimum atomic E-state index is -3.46. The van der Waals surface area contributed by atoms with Crippen LogP contribution in [-0.2, 0) is 15.9 Å². The van der Waals surface area contributed by atoms with Gasteiger partial charge in [0.25, 0.3) is 0 Å². The molecule has 4 heteroatoms. The SMILES string of the molecule is O=C(c1ccccc1)[C@H](C[C@H](OCc1ccccc1)c1ccccc1)P(=O)(c1ccccc1)c1ccccc1. The van der Waals surface area contributed by atoms with E-state index in [1.165, 1.54) is 0 Å². The number of carbonyl (C=O) groups excluding carboxylic acids is 1. The largest absolute Gasteiger partial charge is 0.369 e. The van der Waals surface area contributed by atoms with Crippen LogP contribution >= 0.6 is 7.14 Å². The van der Waals surface area contributed by atoms with Gasteiger partial charge in [-0.3, -0.25) is 4.79 Å². The van der Waals surface area contributed by atoms with Crippen molar-refractivity contribution in [2.75, 3.05) is 0 Å². The molecule has 5 aromatic carbocycles. The Hall–Kier alpha value is -4.04. The summed E-state index contributed by atoms with van der Waals surface area (Å²) in [5.41, 5.74) is 1.71. The van der Waals surface area contributed by atoms with Crippen LogP contribution in [0.3, 0.4) is 0 Å². The molecule has 0 spiro atoms. The van der Waals surface area contributed by atoms with Gasteiger partial charge in [0.2, 0.25) is 0 Å². The molecule has 5 aromatic rings. The Morgan fingerprint density at radius 1 is 0.590 bits per heavy atom. The van der Waals surface area contributed by atoms with Gasteiger partial charge >= 0.3 is 0 Å². The first-order valence-corrected chi connectivity index (χ1v) is 14.9. The molecule has 5 rings (SSSR count). The molecule has 0 radical (unpaired) electrons. The van der Waals surface area contributed by atoms with Crippen molar-refractivity contribution in [3.63, 3.8) is 0 Å². The Morgan fingerprint density at radius 2 is 1.03 bits per heavy atom. The predicted molar refractivity (Wildman–Crippen MR) is 159 cm³/mol. The maximum absolute atomic E-state index is 15.5. The van der Waals surface area contributed by atoms with E-state index in [9.17, 15) is 4.79 Å². The van der Waals surface area contributed by atoms with E-state index in [0.717, 1.165) is 11.1 Å². The molecule has 0 N–H and O–H groups in total. The molecule has 0 aromatic heterocycles. The van der Waals surface area contributed by atoms with Crippen molar-refractivity contribution in [3.05, 3.63) is 168 Å². The zero-order chi connectivity index (χ0) is 26.9. The Bertz CT molecular complexity index is 1460. The standard InChI is InChI=1S/C35H31O3P/c36-35(30-20-10-3-11-21-30)34(39(37,31-22-12-4-13-23-31)32-24-14-5-15-25-32)26-33(29-18-8-2-9-19-29)38-27-28-16-6-1-7-17-28/h1-25,33-34H,26-27H2/t33-,34-/m0/s1. The molecule has 0 aliphatic heterocycles. The van der Waals surface area contributed by atoms with E-state index in [0.29, 0.717) is 22.8 Å². The summed E-state index contributed by atoms with van der Waals surface area (Å²) in [6.07, 6.45) is -0.170. The molecule has 0 aliphatic rings. The third kappa shape index (κ3) is 6.17. The topological polar surface area (TPSA) is 43.4 Å². The fraction of sp³-hybridized carbons (Fsp3) is 0.114. The fourth-order valence-corrected chi connectivity index (χ4v) is 8.18. The highest BCUT2D eigenvalue weighted by Crippen LogP contribution is 2.53. The lowest BCUT2D eigenvalue weighted by molar-refractivity contribution is 0.0327. The molecule has 0 unspecified atom stereocenters. The van der Waals surface area contributed by atoms with Gasteiger partial charge in [0.05, 0.1) is 18.4 Å². The molecule has 3 nitrogen and oxygen atoms in total. The minimum absolute atomic E-state index is 0.143. The van der Waals surface area contributed by atoms with Gasteiger partial charge in [-0.25, -0.2) is 0 Å². The van der Waals surface area contributed by atoms with Crippen LogP contribution in [0.15, 0.2) is 152 Å². The number of ketones is 1. The minimum Gasteiger partial charge on any atom is -0.369 e. The molecule has 39 heavy (non-hydrogen) atoms. The Morgan fingerprint density at radius 3 is 1.54 bits per heavy atom. The predicted octanol–water partition coefficient (Wildman–Crippen LogP) is 7.60. The van der Waals surface area contributed by atoms with E-state index in [4.69, 9.17) is 4.74 Å². The lowest BCUT2D eigenvalue weighted by Crippen LogP contribution is -2.33. The van der Waals surface area contributed by atoms with Crippen LogP contribution in [0.25, 0.3) is 0 Å². The van der Waals surface area contributed by atoms with Gasteiger partial charge in [-0.05, 0) is 17.5 Å². The molecule has 194 valence electrons. The molecule has 0 bridgehead atoms. The van der Waals surface area contributed by atoms with Crippen molar-refractivity contribution in [1.82, 2.24) is 0 Å². The second kappa shape index (κ2) is 12.7. The Labute approximate surface area is 230 Å². The molecule has 0 amide bonds. The fourth-order valence-electron chi connectivity index (χ4n) is 4.97. The van der Waals surface area contributed by atoms with Gasteiger partial charge in [-0.1, -0.05) is 152 Å². The molecule has 0 aliphatic carbocycles. The van der Waals surface area contributed by atoms with E-state index in [1.807, 2.05) is 140 Å². The van der Waals surface area contributed by atoms with Gasteiger partial charge in [0.1, 0.15) is 0 Å². The summed E-state index contributed by atoms with van der Waals surface area (Å²) in [5.74, 6) is -0.143. The van der Waals surface area contributed by atoms with E-state index in [2.05, 4.69) is 0 Å². The summed E-state index contributed by atoms with van der Waals surface area (Å²) in [7, 11) is -3.46. The van der Waals surface area contributed by atoms with Crippen LogP contribution < -0.4 is 10.6 Å². The van der Waals surface area contributed by atoms with E-state index < -0.39 is 18.9 Å². The van der Waals surface area contributed by atoms with Gasteiger partial charge in [-0.2, -0.15) is 0 Å². The van der Waals surface area contributed by atoms with Crippen molar-refractivity contribution in [3.8, 4) is 0 Å². The first kappa shape index (κ1) is 26.6. The second-order valence-corrected chi connectivity index (χ2v) is 12.5. The molecule has 0 fully saturated rings. The second-order valence-electron chi connectivity index (χ2n) is 9.51. The third-order valence-corrected chi connectivity index (χ3v) is 10.4.